The lowest BCUT2D eigenvalue weighted by molar-refractivity contribution is -0.115. The number of rotatable bonds is 7. The highest BCUT2D eigenvalue weighted by molar-refractivity contribution is 8.00. The van der Waals surface area contributed by atoms with Crippen molar-refractivity contribution >= 4 is 56.4 Å². The number of benzene rings is 1. The van der Waals surface area contributed by atoms with Crippen molar-refractivity contribution in [2.24, 2.45) is 0 Å². The van der Waals surface area contributed by atoms with Gasteiger partial charge in [-0.15, -0.1) is 21.5 Å². The monoisotopic (exact) mass is 454 g/mol. The van der Waals surface area contributed by atoms with E-state index in [0.29, 0.717) is 24.3 Å². The van der Waals surface area contributed by atoms with E-state index in [2.05, 4.69) is 37.4 Å². The first-order valence-electron chi connectivity index (χ1n) is 9.98. The van der Waals surface area contributed by atoms with Gasteiger partial charge in [-0.1, -0.05) is 18.7 Å². The Morgan fingerprint density at radius 2 is 1.94 bits per heavy atom. The molecule has 4 aromatic rings. The number of hydrogen-bond donors (Lipinski definition) is 1. The summed E-state index contributed by atoms with van der Waals surface area (Å²) in [5.41, 5.74) is 3.14. The summed E-state index contributed by atoms with van der Waals surface area (Å²) < 4.78 is 8.24. The maximum Gasteiger partial charge on any atom is 0.338 e. The van der Waals surface area contributed by atoms with E-state index < -0.39 is 0 Å². The molecule has 0 spiro atoms. The fourth-order valence-electron chi connectivity index (χ4n) is 3.31. The van der Waals surface area contributed by atoms with Crippen LogP contribution in [0.1, 0.15) is 36.5 Å². The second kappa shape index (κ2) is 9.07. The number of aromatic nitrogens is 3. The van der Waals surface area contributed by atoms with E-state index in [0.717, 1.165) is 21.9 Å². The maximum atomic E-state index is 12.9. The SMILES string of the molecule is CCOC(=O)c1ccc(NC(=O)[C@@H](CC)Sc2nnc(C)n3c2cc2sccc23)cc1. The summed E-state index contributed by atoms with van der Waals surface area (Å²) in [6, 6.07) is 10.9. The van der Waals surface area contributed by atoms with Gasteiger partial charge in [-0.2, -0.15) is 0 Å². The van der Waals surface area contributed by atoms with Crippen molar-refractivity contribution in [3.8, 4) is 0 Å². The number of carbonyl (C=O) groups is 2. The van der Waals surface area contributed by atoms with Crippen LogP contribution >= 0.6 is 23.1 Å². The van der Waals surface area contributed by atoms with Gasteiger partial charge in [0.1, 0.15) is 10.9 Å². The molecule has 0 fully saturated rings. The van der Waals surface area contributed by atoms with Crippen molar-refractivity contribution in [3.05, 3.63) is 53.2 Å². The summed E-state index contributed by atoms with van der Waals surface area (Å²) in [5, 5.41) is 14.1. The Bertz CT molecular complexity index is 1250. The number of amides is 1. The van der Waals surface area contributed by atoms with Gasteiger partial charge in [0, 0.05) is 5.69 Å². The number of ether oxygens (including phenoxy) is 1. The molecule has 1 N–H and O–H groups in total. The summed E-state index contributed by atoms with van der Waals surface area (Å²) in [5.74, 6) is 0.314. The van der Waals surface area contributed by atoms with E-state index in [9.17, 15) is 9.59 Å². The molecule has 1 atom stereocenters. The predicted octanol–water partition coefficient (Wildman–Crippen LogP) is 4.94. The molecule has 1 amide bonds. The largest absolute Gasteiger partial charge is 0.462 e. The predicted molar refractivity (Wildman–Crippen MR) is 124 cm³/mol. The molecule has 0 aliphatic rings. The molecule has 0 unspecified atom stereocenters. The van der Waals surface area contributed by atoms with Gasteiger partial charge in [0.05, 0.1) is 33.2 Å². The third kappa shape index (κ3) is 4.28. The molecular formula is C22H22N4O3S2. The van der Waals surface area contributed by atoms with Gasteiger partial charge < -0.3 is 10.1 Å². The zero-order chi connectivity index (χ0) is 22.0. The number of nitrogens with zero attached hydrogens (tertiary/aromatic N) is 3. The highest BCUT2D eigenvalue weighted by atomic mass is 32.2. The molecule has 0 saturated carbocycles. The Kier molecular flexibility index (Phi) is 6.24. The third-order valence-electron chi connectivity index (χ3n) is 4.83. The van der Waals surface area contributed by atoms with Crippen LogP contribution in [0.3, 0.4) is 0 Å². The molecular weight excluding hydrogens is 432 g/mol. The van der Waals surface area contributed by atoms with Gasteiger partial charge in [0.2, 0.25) is 5.91 Å². The van der Waals surface area contributed by atoms with Gasteiger partial charge in [0.25, 0.3) is 0 Å². The van der Waals surface area contributed by atoms with E-state index >= 15 is 0 Å². The van der Waals surface area contributed by atoms with Crippen molar-refractivity contribution in [1.29, 1.82) is 0 Å². The minimum atomic E-state index is -0.378. The summed E-state index contributed by atoms with van der Waals surface area (Å²) in [4.78, 5) is 24.7. The number of carbonyl (C=O) groups excluding carboxylic acids is 2. The van der Waals surface area contributed by atoms with Crippen LogP contribution in [0.15, 0.2) is 46.8 Å². The first-order valence-corrected chi connectivity index (χ1v) is 11.7. The summed E-state index contributed by atoms with van der Waals surface area (Å²) >= 11 is 3.08. The van der Waals surface area contributed by atoms with Crippen LogP contribution in [-0.2, 0) is 9.53 Å². The Balaban J connectivity index is 1.52. The van der Waals surface area contributed by atoms with Crippen molar-refractivity contribution in [1.82, 2.24) is 14.6 Å². The lowest BCUT2D eigenvalue weighted by atomic mass is 10.2. The Labute approximate surface area is 187 Å². The van der Waals surface area contributed by atoms with E-state index in [1.54, 1.807) is 42.5 Å². The lowest BCUT2D eigenvalue weighted by Crippen LogP contribution is -2.25. The number of anilines is 1. The molecule has 3 heterocycles. The molecule has 0 bridgehead atoms. The standard InChI is InChI=1S/C22H22N4O3S2/c1-4-18(20(27)23-15-8-6-14(7-9-15)22(28)29-5-2)31-21-17-12-19-16(10-11-30-19)26(17)13(3)24-25-21/h6-12,18H,4-5H2,1-3H3,(H,23,27)/t18-/m1/s1. The second-order valence-electron chi connectivity index (χ2n) is 6.89. The fraction of sp³-hybridized carbons (Fsp3) is 0.273. The third-order valence-corrected chi connectivity index (χ3v) is 7.03. The number of aryl methyl sites for hydroxylation is 1. The number of nitrogens with one attached hydrogen (secondary N) is 1. The normalized spacial score (nSPS) is 12.2. The van der Waals surface area contributed by atoms with Crippen LogP contribution in [0.25, 0.3) is 15.7 Å². The van der Waals surface area contributed by atoms with Gasteiger partial charge in [0.15, 0.2) is 0 Å². The van der Waals surface area contributed by atoms with Crippen LogP contribution in [0, 0.1) is 6.92 Å². The zero-order valence-electron chi connectivity index (χ0n) is 17.4. The molecule has 7 nitrogen and oxygen atoms in total. The van der Waals surface area contributed by atoms with Crippen LogP contribution in [-0.4, -0.2) is 38.3 Å². The van der Waals surface area contributed by atoms with Gasteiger partial charge in [-0.3, -0.25) is 9.20 Å². The molecule has 31 heavy (non-hydrogen) atoms. The number of thioether (sulfide) groups is 1. The first-order chi connectivity index (χ1) is 15.0. The fourth-order valence-corrected chi connectivity index (χ4v) is 5.08. The van der Waals surface area contributed by atoms with E-state index in [4.69, 9.17) is 4.74 Å². The Morgan fingerprint density at radius 1 is 1.16 bits per heavy atom. The molecule has 0 radical (unpaired) electrons. The van der Waals surface area contributed by atoms with Crippen LogP contribution < -0.4 is 5.32 Å². The molecule has 160 valence electrons. The zero-order valence-corrected chi connectivity index (χ0v) is 19.0. The highest BCUT2D eigenvalue weighted by Gasteiger charge is 2.22. The van der Waals surface area contributed by atoms with Crippen molar-refractivity contribution in [2.75, 3.05) is 11.9 Å². The topological polar surface area (TPSA) is 85.6 Å². The van der Waals surface area contributed by atoms with E-state index in [1.807, 2.05) is 13.8 Å². The molecule has 9 heteroatoms. The molecule has 0 saturated heterocycles. The van der Waals surface area contributed by atoms with Gasteiger partial charge >= 0.3 is 5.97 Å². The van der Waals surface area contributed by atoms with E-state index in [1.165, 1.54) is 16.5 Å². The smallest absolute Gasteiger partial charge is 0.338 e. The number of thiophene rings is 1. The van der Waals surface area contributed by atoms with Crippen molar-refractivity contribution in [2.45, 2.75) is 37.5 Å². The van der Waals surface area contributed by atoms with Gasteiger partial charge in [-0.05, 0) is 62.0 Å². The molecule has 0 aliphatic carbocycles. The van der Waals surface area contributed by atoms with Crippen molar-refractivity contribution in [3.63, 3.8) is 0 Å². The number of esters is 1. The van der Waals surface area contributed by atoms with Crippen LogP contribution in [0.2, 0.25) is 0 Å². The average Bonchev–Trinajstić information content (AvgIpc) is 3.36. The van der Waals surface area contributed by atoms with Crippen LogP contribution in [0.4, 0.5) is 5.69 Å². The van der Waals surface area contributed by atoms with Crippen molar-refractivity contribution < 1.29 is 14.3 Å². The van der Waals surface area contributed by atoms with E-state index in [-0.39, 0.29) is 17.1 Å². The van der Waals surface area contributed by atoms with Gasteiger partial charge in [-0.25, -0.2) is 4.79 Å². The average molecular weight is 455 g/mol. The minimum Gasteiger partial charge on any atom is -0.462 e. The Hall–Kier alpha value is -2.91. The summed E-state index contributed by atoms with van der Waals surface area (Å²) in [6.07, 6.45) is 0.633. The first kappa shape index (κ1) is 21.3. The highest BCUT2D eigenvalue weighted by Crippen LogP contribution is 2.33. The quantitative estimate of drug-likeness (QED) is 0.314. The second-order valence-corrected chi connectivity index (χ2v) is 9.03. The number of hydrogen-bond acceptors (Lipinski definition) is 7. The molecule has 1 aromatic carbocycles. The Morgan fingerprint density at radius 3 is 2.65 bits per heavy atom. The number of fused-ring (bicyclic) bond motifs is 3. The maximum absolute atomic E-state index is 12.9. The molecule has 0 aliphatic heterocycles. The molecule has 3 aromatic heterocycles. The van der Waals surface area contributed by atoms with Crippen LogP contribution in [0.5, 0.6) is 0 Å². The summed E-state index contributed by atoms with van der Waals surface area (Å²) in [7, 11) is 0. The molecule has 4 rings (SSSR count). The minimum absolute atomic E-state index is 0.120. The summed E-state index contributed by atoms with van der Waals surface area (Å²) in [6.45, 7) is 5.98. The lowest BCUT2D eigenvalue weighted by Gasteiger charge is -2.15.